The van der Waals surface area contributed by atoms with Gasteiger partial charge in [-0.3, -0.25) is 4.79 Å². The van der Waals surface area contributed by atoms with E-state index in [1.807, 2.05) is 57.2 Å². The molecule has 3 aromatic rings. The van der Waals surface area contributed by atoms with Gasteiger partial charge in [-0.05, 0) is 49.6 Å². The number of hydrogen-bond donors (Lipinski definition) is 0. The van der Waals surface area contributed by atoms with E-state index in [1.165, 1.54) is 0 Å². The van der Waals surface area contributed by atoms with Gasteiger partial charge in [-0.15, -0.1) is 0 Å². The third-order valence-electron chi connectivity index (χ3n) is 3.75. The summed E-state index contributed by atoms with van der Waals surface area (Å²) in [6.45, 7) is 6.04. The standard InChI is InChI=1S/C18H16O2/c1-11-6-4-5-7-14(11)18-10-16(19)15-8-12(2)13(3)9-17(15)20-18/h4-10H,1-3H3. The zero-order valence-corrected chi connectivity index (χ0v) is 11.9. The number of aryl methyl sites for hydroxylation is 3. The van der Waals surface area contributed by atoms with Gasteiger partial charge in [0.2, 0.25) is 0 Å². The Bertz CT molecular complexity index is 857. The van der Waals surface area contributed by atoms with Crippen molar-refractivity contribution >= 4 is 11.0 Å². The molecular weight excluding hydrogens is 248 g/mol. The highest BCUT2D eigenvalue weighted by atomic mass is 16.3. The molecule has 0 spiro atoms. The minimum atomic E-state index is 0.00704. The van der Waals surface area contributed by atoms with E-state index in [2.05, 4.69) is 0 Å². The zero-order chi connectivity index (χ0) is 14.3. The Morgan fingerprint density at radius 1 is 0.850 bits per heavy atom. The van der Waals surface area contributed by atoms with E-state index in [0.29, 0.717) is 16.7 Å². The van der Waals surface area contributed by atoms with Crippen LogP contribution in [0.25, 0.3) is 22.3 Å². The van der Waals surface area contributed by atoms with Crippen molar-refractivity contribution in [3.05, 3.63) is 69.4 Å². The summed E-state index contributed by atoms with van der Waals surface area (Å²) in [5.41, 5.74) is 4.95. The first kappa shape index (κ1) is 12.7. The molecule has 0 fully saturated rings. The second kappa shape index (κ2) is 4.64. The summed E-state index contributed by atoms with van der Waals surface area (Å²) in [5.74, 6) is 0.629. The summed E-state index contributed by atoms with van der Waals surface area (Å²) < 4.78 is 5.95. The molecule has 2 heteroatoms. The van der Waals surface area contributed by atoms with Gasteiger partial charge in [0, 0.05) is 11.6 Å². The molecule has 0 saturated heterocycles. The van der Waals surface area contributed by atoms with Crippen LogP contribution < -0.4 is 5.43 Å². The van der Waals surface area contributed by atoms with Crippen LogP contribution in [0.15, 0.2) is 51.7 Å². The summed E-state index contributed by atoms with van der Waals surface area (Å²) in [6.07, 6.45) is 0. The first-order valence-corrected chi connectivity index (χ1v) is 6.67. The Hall–Kier alpha value is -2.35. The first-order valence-electron chi connectivity index (χ1n) is 6.67. The summed E-state index contributed by atoms with van der Waals surface area (Å²) >= 11 is 0. The van der Waals surface area contributed by atoms with Crippen LogP contribution in [-0.4, -0.2) is 0 Å². The molecule has 0 radical (unpaired) electrons. The molecule has 1 heterocycles. The van der Waals surface area contributed by atoms with Crippen molar-refractivity contribution in [1.29, 1.82) is 0 Å². The largest absolute Gasteiger partial charge is 0.456 e. The average Bonchev–Trinajstić information content (AvgIpc) is 2.41. The van der Waals surface area contributed by atoms with Gasteiger partial charge in [0.15, 0.2) is 5.43 Å². The van der Waals surface area contributed by atoms with Crippen LogP contribution >= 0.6 is 0 Å². The fraction of sp³-hybridized carbons (Fsp3) is 0.167. The Morgan fingerprint density at radius 3 is 2.30 bits per heavy atom. The molecule has 0 atom stereocenters. The minimum Gasteiger partial charge on any atom is -0.456 e. The van der Waals surface area contributed by atoms with Gasteiger partial charge in [-0.1, -0.05) is 24.3 Å². The molecule has 100 valence electrons. The molecule has 0 aliphatic rings. The van der Waals surface area contributed by atoms with Crippen molar-refractivity contribution < 1.29 is 4.42 Å². The third kappa shape index (κ3) is 2.03. The summed E-state index contributed by atoms with van der Waals surface area (Å²) in [5, 5.41) is 0.644. The van der Waals surface area contributed by atoms with E-state index in [9.17, 15) is 4.79 Å². The van der Waals surface area contributed by atoms with E-state index in [-0.39, 0.29) is 5.43 Å². The molecule has 0 N–H and O–H groups in total. The zero-order valence-electron chi connectivity index (χ0n) is 11.9. The lowest BCUT2D eigenvalue weighted by molar-refractivity contribution is 0.618. The highest BCUT2D eigenvalue weighted by Crippen LogP contribution is 2.26. The SMILES string of the molecule is Cc1cc2oc(-c3ccccc3C)cc(=O)c2cc1C. The van der Waals surface area contributed by atoms with E-state index in [1.54, 1.807) is 6.07 Å². The molecule has 0 aliphatic carbocycles. The van der Waals surface area contributed by atoms with Gasteiger partial charge in [0.25, 0.3) is 0 Å². The predicted octanol–water partition coefficient (Wildman–Crippen LogP) is 4.39. The molecule has 20 heavy (non-hydrogen) atoms. The molecule has 0 bridgehead atoms. The summed E-state index contributed by atoms with van der Waals surface area (Å²) in [7, 11) is 0. The molecular formula is C18H16O2. The van der Waals surface area contributed by atoms with E-state index in [4.69, 9.17) is 4.42 Å². The van der Waals surface area contributed by atoms with E-state index >= 15 is 0 Å². The molecule has 0 saturated carbocycles. The van der Waals surface area contributed by atoms with Crippen LogP contribution in [0.5, 0.6) is 0 Å². The van der Waals surface area contributed by atoms with Crippen LogP contribution in [-0.2, 0) is 0 Å². The Labute approximate surface area is 117 Å². The molecule has 0 unspecified atom stereocenters. The Morgan fingerprint density at radius 2 is 1.55 bits per heavy atom. The smallest absolute Gasteiger partial charge is 0.193 e. The fourth-order valence-electron chi connectivity index (χ4n) is 2.39. The normalized spacial score (nSPS) is 10.9. The monoisotopic (exact) mass is 264 g/mol. The molecule has 1 aromatic heterocycles. The highest BCUT2D eigenvalue weighted by Gasteiger charge is 2.09. The second-order valence-electron chi connectivity index (χ2n) is 5.22. The van der Waals surface area contributed by atoms with Crippen LogP contribution in [0.2, 0.25) is 0 Å². The summed E-state index contributed by atoms with van der Waals surface area (Å²) in [4.78, 5) is 12.3. The number of benzene rings is 2. The number of hydrogen-bond acceptors (Lipinski definition) is 2. The maximum Gasteiger partial charge on any atom is 0.193 e. The molecule has 0 amide bonds. The number of fused-ring (bicyclic) bond motifs is 1. The van der Waals surface area contributed by atoms with Crippen LogP contribution in [0, 0.1) is 20.8 Å². The molecule has 0 aliphatic heterocycles. The lowest BCUT2D eigenvalue weighted by atomic mass is 10.0. The fourth-order valence-corrected chi connectivity index (χ4v) is 2.39. The minimum absolute atomic E-state index is 0.00704. The van der Waals surface area contributed by atoms with Crippen molar-refractivity contribution in [3.63, 3.8) is 0 Å². The van der Waals surface area contributed by atoms with Gasteiger partial charge in [0.05, 0.1) is 5.39 Å². The van der Waals surface area contributed by atoms with Crippen molar-refractivity contribution in [2.24, 2.45) is 0 Å². The van der Waals surface area contributed by atoms with Gasteiger partial charge in [0.1, 0.15) is 11.3 Å². The van der Waals surface area contributed by atoms with Crippen LogP contribution in [0.1, 0.15) is 16.7 Å². The second-order valence-corrected chi connectivity index (χ2v) is 5.22. The van der Waals surface area contributed by atoms with Crippen LogP contribution in [0.3, 0.4) is 0 Å². The van der Waals surface area contributed by atoms with Gasteiger partial charge < -0.3 is 4.42 Å². The molecule has 3 rings (SSSR count). The van der Waals surface area contributed by atoms with Crippen molar-refractivity contribution in [2.45, 2.75) is 20.8 Å². The quantitative estimate of drug-likeness (QED) is 0.652. The van der Waals surface area contributed by atoms with Gasteiger partial charge >= 0.3 is 0 Å². The molecule has 2 aromatic carbocycles. The van der Waals surface area contributed by atoms with Gasteiger partial charge in [-0.25, -0.2) is 0 Å². The maximum absolute atomic E-state index is 12.3. The maximum atomic E-state index is 12.3. The van der Waals surface area contributed by atoms with Crippen molar-refractivity contribution in [1.82, 2.24) is 0 Å². The van der Waals surface area contributed by atoms with E-state index < -0.39 is 0 Å². The summed E-state index contributed by atoms with van der Waals surface area (Å²) in [6, 6.07) is 13.3. The first-order chi connectivity index (χ1) is 9.56. The Kier molecular flexibility index (Phi) is 2.94. The lowest BCUT2D eigenvalue weighted by Gasteiger charge is -2.07. The number of rotatable bonds is 1. The predicted molar refractivity (Wildman–Crippen MR) is 82.1 cm³/mol. The molecule has 2 nitrogen and oxygen atoms in total. The average molecular weight is 264 g/mol. The topological polar surface area (TPSA) is 30.2 Å². The lowest BCUT2D eigenvalue weighted by Crippen LogP contribution is -2.01. The van der Waals surface area contributed by atoms with E-state index in [0.717, 1.165) is 22.3 Å². The van der Waals surface area contributed by atoms with Crippen LogP contribution in [0.4, 0.5) is 0 Å². The van der Waals surface area contributed by atoms with Crippen molar-refractivity contribution in [2.75, 3.05) is 0 Å². The van der Waals surface area contributed by atoms with Gasteiger partial charge in [-0.2, -0.15) is 0 Å². The third-order valence-corrected chi connectivity index (χ3v) is 3.75. The highest BCUT2D eigenvalue weighted by molar-refractivity contribution is 5.80. The van der Waals surface area contributed by atoms with Crippen molar-refractivity contribution in [3.8, 4) is 11.3 Å². The Balaban J connectivity index is 2.33.